The van der Waals surface area contributed by atoms with Gasteiger partial charge in [-0.25, -0.2) is 0 Å². The third-order valence-corrected chi connectivity index (χ3v) is 2.84. The Bertz CT molecular complexity index is 189. The van der Waals surface area contributed by atoms with Crippen LogP contribution >= 0.6 is 22.9 Å². The van der Waals surface area contributed by atoms with E-state index in [4.69, 9.17) is 17.3 Å². The summed E-state index contributed by atoms with van der Waals surface area (Å²) in [6.45, 7) is 0.737. The molecule has 0 saturated heterocycles. The van der Waals surface area contributed by atoms with Crippen LogP contribution in [0.3, 0.4) is 0 Å². The molecular formula is C8H12ClNS. The quantitative estimate of drug-likeness (QED) is 0.721. The van der Waals surface area contributed by atoms with Crippen LogP contribution in [0.4, 0.5) is 0 Å². The first-order chi connectivity index (χ1) is 5.36. The molecule has 0 unspecified atom stereocenters. The number of halogens is 1. The topological polar surface area (TPSA) is 26.0 Å². The summed E-state index contributed by atoms with van der Waals surface area (Å²) in [5.74, 6) is 0.711. The van der Waals surface area contributed by atoms with Gasteiger partial charge in [0.1, 0.15) is 0 Å². The Labute approximate surface area is 76.2 Å². The number of alkyl halides is 1. The highest BCUT2D eigenvalue weighted by atomic mass is 35.5. The summed E-state index contributed by atoms with van der Waals surface area (Å²) in [7, 11) is 0. The van der Waals surface area contributed by atoms with Gasteiger partial charge in [0.25, 0.3) is 0 Å². The van der Waals surface area contributed by atoms with Crippen molar-refractivity contribution in [3.63, 3.8) is 0 Å². The standard InChI is InChI=1S/C8H12ClNS/c9-5-3-7-1-2-8(11-7)4-6-10/h1-2H,3-6,10H2. The summed E-state index contributed by atoms with van der Waals surface area (Å²) < 4.78 is 0. The smallest absolute Gasteiger partial charge is 0.0271 e. The average Bonchev–Trinajstić information content (AvgIpc) is 2.38. The van der Waals surface area contributed by atoms with Crippen molar-refractivity contribution < 1.29 is 0 Å². The van der Waals surface area contributed by atoms with Gasteiger partial charge in [-0.2, -0.15) is 0 Å². The van der Waals surface area contributed by atoms with E-state index in [2.05, 4.69) is 12.1 Å². The molecule has 0 aliphatic rings. The third-order valence-electron chi connectivity index (χ3n) is 1.45. The highest BCUT2D eigenvalue weighted by Gasteiger charge is 1.97. The van der Waals surface area contributed by atoms with Crippen molar-refractivity contribution in [2.75, 3.05) is 12.4 Å². The van der Waals surface area contributed by atoms with E-state index in [1.54, 1.807) is 0 Å². The van der Waals surface area contributed by atoms with E-state index in [1.807, 2.05) is 11.3 Å². The van der Waals surface area contributed by atoms with E-state index < -0.39 is 0 Å². The van der Waals surface area contributed by atoms with Gasteiger partial charge in [-0.1, -0.05) is 0 Å². The second-order valence-corrected chi connectivity index (χ2v) is 3.98. The van der Waals surface area contributed by atoms with Crippen LogP contribution in [-0.2, 0) is 12.8 Å². The van der Waals surface area contributed by atoms with Crippen molar-refractivity contribution in [2.24, 2.45) is 5.73 Å². The average molecular weight is 190 g/mol. The summed E-state index contributed by atoms with van der Waals surface area (Å²) in [6.07, 6.45) is 1.98. The van der Waals surface area contributed by atoms with Crippen LogP contribution in [0.1, 0.15) is 9.75 Å². The van der Waals surface area contributed by atoms with E-state index in [0.29, 0.717) is 5.88 Å². The molecule has 0 amide bonds. The largest absolute Gasteiger partial charge is 0.330 e. The van der Waals surface area contributed by atoms with Gasteiger partial charge in [0.05, 0.1) is 0 Å². The van der Waals surface area contributed by atoms with Gasteiger partial charge in [0, 0.05) is 15.6 Å². The number of hydrogen-bond acceptors (Lipinski definition) is 2. The molecule has 1 heterocycles. The molecule has 0 aliphatic carbocycles. The molecule has 1 aromatic heterocycles. The van der Waals surface area contributed by atoms with Crippen molar-refractivity contribution in [1.29, 1.82) is 0 Å². The number of nitrogens with two attached hydrogens (primary N) is 1. The Morgan fingerprint density at radius 3 is 2.45 bits per heavy atom. The molecule has 2 N–H and O–H groups in total. The molecule has 0 atom stereocenters. The molecule has 1 nitrogen and oxygen atoms in total. The monoisotopic (exact) mass is 189 g/mol. The Morgan fingerprint density at radius 1 is 1.27 bits per heavy atom. The van der Waals surface area contributed by atoms with Crippen LogP contribution < -0.4 is 5.73 Å². The van der Waals surface area contributed by atoms with E-state index in [1.165, 1.54) is 9.75 Å². The van der Waals surface area contributed by atoms with Crippen LogP contribution in [0.15, 0.2) is 12.1 Å². The molecule has 0 saturated carbocycles. The van der Waals surface area contributed by atoms with Gasteiger partial charge >= 0.3 is 0 Å². The zero-order valence-electron chi connectivity index (χ0n) is 6.35. The Kier molecular flexibility index (Phi) is 3.91. The summed E-state index contributed by atoms with van der Waals surface area (Å²) in [4.78, 5) is 2.73. The maximum atomic E-state index is 5.60. The first kappa shape index (κ1) is 9.04. The first-order valence-electron chi connectivity index (χ1n) is 3.70. The molecular weight excluding hydrogens is 178 g/mol. The third kappa shape index (κ3) is 2.81. The van der Waals surface area contributed by atoms with Gasteiger partial charge in [0.15, 0.2) is 0 Å². The fourth-order valence-corrected chi connectivity index (χ4v) is 2.28. The van der Waals surface area contributed by atoms with Crippen LogP contribution in [0, 0.1) is 0 Å². The SMILES string of the molecule is NCCc1ccc(CCCl)s1. The van der Waals surface area contributed by atoms with Gasteiger partial charge in [-0.15, -0.1) is 22.9 Å². The van der Waals surface area contributed by atoms with Crippen molar-refractivity contribution in [3.8, 4) is 0 Å². The van der Waals surface area contributed by atoms with Gasteiger partial charge in [-0.05, 0) is 31.5 Å². The molecule has 0 radical (unpaired) electrons. The van der Waals surface area contributed by atoms with Crippen LogP contribution in [0.25, 0.3) is 0 Å². The predicted molar refractivity (Wildman–Crippen MR) is 51.5 cm³/mol. The van der Waals surface area contributed by atoms with Crippen molar-refractivity contribution in [2.45, 2.75) is 12.8 Å². The van der Waals surface area contributed by atoms with E-state index in [0.717, 1.165) is 19.4 Å². The maximum absolute atomic E-state index is 5.60. The molecule has 0 fully saturated rings. The van der Waals surface area contributed by atoms with Crippen molar-refractivity contribution in [1.82, 2.24) is 0 Å². The number of hydrogen-bond donors (Lipinski definition) is 1. The molecule has 1 aromatic rings. The normalized spacial score (nSPS) is 10.4. The Morgan fingerprint density at radius 2 is 1.91 bits per heavy atom. The molecule has 0 spiro atoms. The number of rotatable bonds is 4. The highest BCUT2D eigenvalue weighted by molar-refractivity contribution is 7.12. The molecule has 1 rings (SSSR count). The number of aryl methyl sites for hydroxylation is 1. The Hall–Kier alpha value is -0.0500. The fraction of sp³-hybridized carbons (Fsp3) is 0.500. The highest BCUT2D eigenvalue weighted by Crippen LogP contribution is 2.17. The summed E-state index contributed by atoms with van der Waals surface area (Å²) in [5, 5.41) is 0. The van der Waals surface area contributed by atoms with Crippen molar-refractivity contribution >= 4 is 22.9 Å². The van der Waals surface area contributed by atoms with E-state index >= 15 is 0 Å². The minimum absolute atomic E-state index is 0.711. The molecule has 0 bridgehead atoms. The lowest BCUT2D eigenvalue weighted by Crippen LogP contribution is -2.00. The number of thiophene rings is 1. The fourth-order valence-electron chi connectivity index (χ4n) is 0.926. The molecule has 11 heavy (non-hydrogen) atoms. The van der Waals surface area contributed by atoms with Crippen molar-refractivity contribution in [3.05, 3.63) is 21.9 Å². The molecule has 0 aromatic carbocycles. The minimum Gasteiger partial charge on any atom is -0.330 e. The van der Waals surface area contributed by atoms with E-state index in [-0.39, 0.29) is 0 Å². The second kappa shape index (κ2) is 4.75. The summed E-state index contributed by atoms with van der Waals surface area (Å²) >= 11 is 7.42. The first-order valence-corrected chi connectivity index (χ1v) is 5.05. The zero-order valence-corrected chi connectivity index (χ0v) is 7.92. The molecule has 62 valence electrons. The van der Waals surface area contributed by atoms with Gasteiger partial charge < -0.3 is 5.73 Å². The lowest BCUT2D eigenvalue weighted by molar-refractivity contribution is 0.989. The van der Waals surface area contributed by atoms with Crippen LogP contribution in [0.2, 0.25) is 0 Å². The predicted octanol–water partition coefficient (Wildman–Crippen LogP) is 2.03. The van der Waals surface area contributed by atoms with Crippen LogP contribution in [-0.4, -0.2) is 12.4 Å². The lowest BCUT2D eigenvalue weighted by Gasteiger charge is -1.90. The lowest BCUT2D eigenvalue weighted by atomic mass is 10.3. The second-order valence-electron chi connectivity index (χ2n) is 2.35. The summed E-state index contributed by atoms with van der Waals surface area (Å²) in [6, 6.07) is 4.28. The zero-order chi connectivity index (χ0) is 8.10. The molecule has 3 heteroatoms. The van der Waals surface area contributed by atoms with Crippen LogP contribution in [0.5, 0.6) is 0 Å². The van der Waals surface area contributed by atoms with Gasteiger partial charge in [-0.3, -0.25) is 0 Å². The summed E-state index contributed by atoms with van der Waals surface area (Å²) in [5.41, 5.74) is 5.42. The van der Waals surface area contributed by atoms with Gasteiger partial charge in [0.2, 0.25) is 0 Å². The van der Waals surface area contributed by atoms with E-state index in [9.17, 15) is 0 Å². The Balaban J connectivity index is 2.51. The maximum Gasteiger partial charge on any atom is 0.0271 e. The molecule has 0 aliphatic heterocycles. The minimum atomic E-state index is 0.711.